The average molecular weight is 242 g/mol. The van der Waals surface area contributed by atoms with E-state index in [0.717, 1.165) is 32.1 Å². The van der Waals surface area contributed by atoms with Crippen molar-refractivity contribution in [3.8, 4) is 0 Å². The number of amides is 1. The van der Waals surface area contributed by atoms with Gasteiger partial charge in [0.05, 0.1) is 4.99 Å². The number of rotatable bonds is 5. The molecule has 3 N–H and O–H groups in total. The second-order valence-electron chi connectivity index (χ2n) is 4.57. The Balaban J connectivity index is 2.53. The molecule has 0 aliphatic heterocycles. The van der Waals surface area contributed by atoms with E-state index in [1.807, 2.05) is 13.8 Å². The molecule has 0 aromatic rings. The summed E-state index contributed by atoms with van der Waals surface area (Å²) in [6.07, 6.45) is 4.92. The Kier molecular flexibility index (Phi) is 5.19. The fraction of sp³-hybridized carbons (Fsp3) is 0.833. The van der Waals surface area contributed by atoms with E-state index in [-0.39, 0.29) is 23.8 Å². The van der Waals surface area contributed by atoms with Crippen LogP contribution in [0, 0.1) is 11.8 Å². The fourth-order valence-electron chi connectivity index (χ4n) is 2.43. The molecule has 16 heavy (non-hydrogen) atoms. The lowest BCUT2D eigenvalue weighted by Crippen LogP contribution is -2.44. The van der Waals surface area contributed by atoms with Gasteiger partial charge in [-0.3, -0.25) is 4.79 Å². The van der Waals surface area contributed by atoms with Gasteiger partial charge in [0.2, 0.25) is 5.91 Å². The second-order valence-corrected chi connectivity index (χ2v) is 5.04. The van der Waals surface area contributed by atoms with Crippen LogP contribution in [0.2, 0.25) is 0 Å². The molecule has 4 heteroatoms. The highest BCUT2D eigenvalue weighted by atomic mass is 32.1. The molecule has 0 radical (unpaired) electrons. The van der Waals surface area contributed by atoms with E-state index >= 15 is 0 Å². The van der Waals surface area contributed by atoms with E-state index in [1.54, 1.807) is 0 Å². The van der Waals surface area contributed by atoms with Gasteiger partial charge in [0, 0.05) is 17.9 Å². The zero-order valence-corrected chi connectivity index (χ0v) is 11.0. The Morgan fingerprint density at radius 2 is 2.06 bits per heavy atom. The van der Waals surface area contributed by atoms with Crippen LogP contribution in [0.4, 0.5) is 0 Å². The zero-order valence-electron chi connectivity index (χ0n) is 10.2. The Hall–Kier alpha value is -0.640. The molecule has 1 saturated carbocycles. The summed E-state index contributed by atoms with van der Waals surface area (Å²) >= 11 is 5.03. The topological polar surface area (TPSA) is 55.1 Å². The summed E-state index contributed by atoms with van der Waals surface area (Å²) in [5.41, 5.74) is 5.69. The lowest BCUT2D eigenvalue weighted by atomic mass is 9.99. The SMILES string of the molecule is CCC(CC)C(=O)NC1CCCC1C(N)=S. The quantitative estimate of drug-likeness (QED) is 0.725. The predicted molar refractivity (Wildman–Crippen MR) is 70.1 cm³/mol. The molecule has 0 aromatic heterocycles. The molecule has 0 aromatic carbocycles. The van der Waals surface area contributed by atoms with Gasteiger partial charge in [0.15, 0.2) is 0 Å². The molecular formula is C12H22N2OS. The molecule has 0 bridgehead atoms. The van der Waals surface area contributed by atoms with Gasteiger partial charge in [0.25, 0.3) is 0 Å². The highest BCUT2D eigenvalue weighted by Crippen LogP contribution is 2.26. The van der Waals surface area contributed by atoms with Crippen LogP contribution in [0.3, 0.4) is 0 Å². The van der Waals surface area contributed by atoms with Crippen LogP contribution in [-0.4, -0.2) is 16.9 Å². The van der Waals surface area contributed by atoms with Gasteiger partial charge >= 0.3 is 0 Å². The summed E-state index contributed by atoms with van der Waals surface area (Å²) in [5, 5.41) is 3.11. The monoisotopic (exact) mass is 242 g/mol. The molecule has 0 heterocycles. The first-order valence-corrected chi connectivity index (χ1v) is 6.60. The Bertz CT molecular complexity index is 264. The maximum atomic E-state index is 11.9. The Labute approximate surface area is 103 Å². The van der Waals surface area contributed by atoms with Crippen molar-refractivity contribution in [3.05, 3.63) is 0 Å². The van der Waals surface area contributed by atoms with Crippen LogP contribution in [0.15, 0.2) is 0 Å². The molecule has 0 saturated heterocycles. The highest BCUT2D eigenvalue weighted by Gasteiger charge is 2.31. The van der Waals surface area contributed by atoms with Crippen molar-refractivity contribution in [2.24, 2.45) is 17.6 Å². The van der Waals surface area contributed by atoms with Crippen molar-refractivity contribution < 1.29 is 4.79 Å². The maximum Gasteiger partial charge on any atom is 0.223 e. The van der Waals surface area contributed by atoms with Gasteiger partial charge in [-0.1, -0.05) is 32.5 Å². The first-order valence-electron chi connectivity index (χ1n) is 6.19. The summed E-state index contributed by atoms with van der Waals surface area (Å²) in [4.78, 5) is 12.5. The minimum absolute atomic E-state index is 0.132. The molecule has 1 aliphatic rings. The largest absolute Gasteiger partial charge is 0.393 e. The number of hydrogen-bond acceptors (Lipinski definition) is 2. The third-order valence-electron chi connectivity index (χ3n) is 3.57. The summed E-state index contributed by atoms with van der Waals surface area (Å²) in [6, 6.07) is 0.172. The standard InChI is InChI=1S/C12H22N2OS/c1-3-8(4-2)12(15)14-10-7-5-6-9(10)11(13)16/h8-10H,3-7H2,1-2H3,(H2,13,16)(H,14,15). The molecule has 2 unspecified atom stereocenters. The summed E-state index contributed by atoms with van der Waals surface area (Å²) < 4.78 is 0. The smallest absolute Gasteiger partial charge is 0.223 e. The van der Waals surface area contributed by atoms with E-state index in [2.05, 4.69) is 5.32 Å². The van der Waals surface area contributed by atoms with Gasteiger partial charge in [-0.15, -0.1) is 0 Å². The van der Waals surface area contributed by atoms with E-state index in [9.17, 15) is 4.79 Å². The average Bonchev–Trinajstić information content (AvgIpc) is 2.67. The number of carbonyl (C=O) groups is 1. The van der Waals surface area contributed by atoms with E-state index in [1.165, 1.54) is 0 Å². The highest BCUT2D eigenvalue weighted by molar-refractivity contribution is 7.80. The number of nitrogens with two attached hydrogens (primary N) is 1. The molecule has 1 rings (SSSR count). The minimum Gasteiger partial charge on any atom is -0.393 e. The molecule has 0 spiro atoms. The van der Waals surface area contributed by atoms with Crippen molar-refractivity contribution in [2.75, 3.05) is 0 Å². The first-order chi connectivity index (χ1) is 7.60. The maximum absolute atomic E-state index is 11.9. The van der Waals surface area contributed by atoms with Crippen molar-refractivity contribution in [1.29, 1.82) is 0 Å². The number of hydrogen-bond donors (Lipinski definition) is 2. The lowest BCUT2D eigenvalue weighted by molar-refractivity contribution is -0.126. The molecule has 3 nitrogen and oxygen atoms in total. The molecule has 1 fully saturated rings. The number of nitrogens with one attached hydrogen (secondary N) is 1. The van der Waals surface area contributed by atoms with Crippen LogP contribution < -0.4 is 11.1 Å². The van der Waals surface area contributed by atoms with Gasteiger partial charge in [-0.25, -0.2) is 0 Å². The van der Waals surface area contributed by atoms with Crippen LogP contribution in [0.5, 0.6) is 0 Å². The number of carbonyl (C=O) groups excluding carboxylic acids is 1. The van der Waals surface area contributed by atoms with E-state index in [4.69, 9.17) is 18.0 Å². The van der Waals surface area contributed by atoms with Crippen LogP contribution >= 0.6 is 12.2 Å². The van der Waals surface area contributed by atoms with Crippen molar-refractivity contribution >= 4 is 23.1 Å². The first kappa shape index (κ1) is 13.4. The second kappa shape index (κ2) is 6.18. The number of thiocarbonyl (C=S) groups is 1. The summed E-state index contributed by atoms with van der Waals surface area (Å²) in [5.74, 6) is 0.499. The van der Waals surface area contributed by atoms with E-state index < -0.39 is 0 Å². The van der Waals surface area contributed by atoms with Crippen LogP contribution in [0.25, 0.3) is 0 Å². The molecular weight excluding hydrogens is 220 g/mol. The van der Waals surface area contributed by atoms with Gasteiger partial charge < -0.3 is 11.1 Å². The van der Waals surface area contributed by atoms with Crippen molar-refractivity contribution in [2.45, 2.75) is 52.0 Å². The fourth-order valence-corrected chi connectivity index (χ4v) is 2.72. The molecule has 92 valence electrons. The van der Waals surface area contributed by atoms with Crippen LogP contribution in [-0.2, 0) is 4.79 Å². The zero-order chi connectivity index (χ0) is 12.1. The predicted octanol–water partition coefficient (Wildman–Crippen LogP) is 1.99. The summed E-state index contributed by atoms with van der Waals surface area (Å²) in [6.45, 7) is 4.10. The molecule has 1 aliphatic carbocycles. The van der Waals surface area contributed by atoms with Gasteiger partial charge in [0.1, 0.15) is 0 Å². The van der Waals surface area contributed by atoms with Gasteiger partial charge in [-0.05, 0) is 25.7 Å². The summed E-state index contributed by atoms with van der Waals surface area (Å²) in [7, 11) is 0. The van der Waals surface area contributed by atoms with Crippen molar-refractivity contribution in [3.63, 3.8) is 0 Å². The van der Waals surface area contributed by atoms with Crippen LogP contribution in [0.1, 0.15) is 46.0 Å². The molecule has 1 amide bonds. The van der Waals surface area contributed by atoms with E-state index in [0.29, 0.717) is 4.99 Å². The Morgan fingerprint density at radius 1 is 1.44 bits per heavy atom. The minimum atomic E-state index is 0.132. The van der Waals surface area contributed by atoms with Gasteiger partial charge in [-0.2, -0.15) is 0 Å². The Morgan fingerprint density at radius 3 is 2.56 bits per heavy atom. The third kappa shape index (κ3) is 3.17. The lowest BCUT2D eigenvalue weighted by Gasteiger charge is -2.22. The van der Waals surface area contributed by atoms with Crippen molar-refractivity contribution in [1.82, 2.24) is 5.32 Å². The normalized spacial score (nSPS) is 24.7. The third-order valence-corrected chi connectivity index (χ3v) is 3.87. The molecule has 2 atom stereocenters.